The van der Waals surface area contributed by atoms with Crippen molar-refractivity contribution in [1.82, 2.24) is 9.88 Å². The lowest BCUT2D eigenvalue weighted by Crippen LogP contribution is -2.36. The van der Waals surface area contributed by atoms with Crippen LogP contribution in [0.5, 0.6) is 0 Å². The maximum atomic E-state index is 12.6. The molecule has 2 aromatic carbocycles. The fourth-order valence-corrected chi connectivity index (χ4v) is 3.46. The Morgan fingerprint density at radius 1 is 1.10 bits per heavy atom. The topological polar surface area (TPSA) is 77.7 Å². The molecule has 2 amide bonds. The van der Waals surface area contributed by atoms with Crippen LogP contribution in [0.2, 0.25) is 0 Å². The molecule has 2 heterocycles. The van der Waals surface area contributed by atoms with E-state index in [9.17, 15) is 9.59 Å². The highest BCUT2D eigenvalue weighted by atomic mass is 16.5. The summed E-state index contributed by atoms with van der Waals surface area (Å²) in [6.45, 7) is 3.17. The standard InChI is InChI=1S/C22H24N4O3/c1-25(22(28)20-14-16-4-2-3-5-19(16)24-20)15-21(27)23-17-6-8-18(9-7-17)26-10-12-29-13-11-26/h2-9,14,24H,10-13,15H2,1H3,(H,23,27). The number of nitrogens with zero attached hydrogens (tertiary/aromatic N) is 2. The lowest BCUT2D eigenvalue weighted by Gasteiger charge is -2.28. The molecule has 3 aromatic rings. The van der Waals surface area contributed by atoms with Crippen molar-refractivity contribution in [3.05, 3.63) is 60.3 Å². The summed E-state index contributed by atoms with van der Waals surface area (Å²) in [6, 6.07) is 17.2. The molecule has 29 heavy (non-hydrogen) atoms. The zero-order chi connectivity index (χ0) is 20.2. The van der Waals surface area contributed by atoms with E-state index in [1.54, 1.807) is 13.1 Å². The third kappa shape index (κ3) is 4.41. The SMILES string of the molecule is CN(CC(=O)Nc1ccc(N2CCOCC2)cc1)C(=O)c1cc2ccccc2[nH]1. The van der Waals surface area contributed by atoms with Gasteiger partial charge in [-0.05, 0) is 36.4 Å². The molecule has 4 rings (SSSR count). The van der Waals surface area contributed by atoms with Gasteiger partial charge in [0.15, 0.2) is 0 Å². The van der Waals surface area contributed by atoms with Crippen LogP contribution >= 0.6 is 0 Å². The Morgan fingerprint density at radius 3 is 2.55 bits per heavy atom. The van der Waals surface area contributed by atoms with Gasteiger partial charge in [0.25, 0.3) is 5.91 Å². The molecule has 0 aliphatic carbocycles. The number of carbonyl (C=O) groups is 2. The number of hydrogen-bond acceptors (Lipinski definition) is 4. The van der Waals surface area contributed by atoms with E-state index in [1.807, 2.05) is 48.5 Å². The molecule has 2 N–H and O–H groups in total. The van der Waals surface area contributed by atoms with Crippen LogP contribution in [0.1, 0.15) is 10.5 Å². The summed E-state index contributed by atoms with van der Waals surface area (Å²) in [5.41, 5.74) is 3.18. The highest BCUT2D eigenvalue weighted by molar-refractivity contribution is 6.01. The fourth-order valence-electron chi connectivity index (χ4n) is 3.46. The van der Waals surface area contributed by atoms with Crippen LogP contribution in [0.3, 0.4) is 0 Å². The van der Waals surface area contributed by atoms with Crippen molar-refractivity contribution in [3.63, 3.8) is 0 Å². The summed E-state index contributed by atoms with van der Waals surface area (Å²) in [5.74, 6) is -0.463. The van der Waals surface area contributed by atoms with Crippen LogP contribution in [0.15, 0.2) is 54.6 Å². The van der Waals surface area contributed by atoms with Gasteiger partial charge in [0.1, 0.15) is 5.69 Å². The molecule has 1 aliphatic rings. The van der Waals surface area contributed by atoms with E-state index in [0.717, 1.165) is 42.9 Å². The quantitative estimate of drug-likeness (QED) is 0.700. The van der Waals surface area contributed by atoms with Gasteiger partial charge in [-0.15, -0.1) is 0 Å². The van der Waals surface area contributed by atoms with Crippen LogP contribution in [-0.2, 0) is 9.53 Å². The Bertz CT molecular complexity index is 973. The molecule has 7 nitrogen and oxygen atoms in total. The zero-order valence-corrected chi connectivity index (χ0v) is 16.4. The van der Waals surface area contributed by atoms with Crippen molar-refractivity contribution < 1.29 is 14.3 Å². The Kier molecular flexibility index (Phi) is 5.48. The van der Waals surface area contributed by atoms with E-state index in [-0.39, 0.29) is 18.4 Å². The van der Waals surface area contributed by atoms with Crippen molar-refractivity contribution in [2.24, 2.45) is 0 Å². The summed E-state index contributed by atoms with van der Waals surface area (Å²) < 4.78 is 5.37. The molecule has 7 heteroatoms. The van der Waals surface area contributed by atoms with Gasteiger partial charge in [0, 0.05) is 42.4 Å². The van der Waals surface area contributed by atoms with Crippen molar-refractivity contribution in [3.8, 4) is 0 Å². The minimum atomic E-state index is -0.240. The molecule has 1 aromatic heterocycles. The number of morpholine rings is 1. The predicted molar refractivity (Wildman–Crippen MR) is 113 cm³/mol. The fraction of sp³-hybridized carbons (Fsp3) is 0.273. The Balaban J connectivity index is 1.34. The third-order valence-corrected chi connectivity index (χ3v) is 5.02. The number of aromatic nitrogens is 1. The molecule has 150 valence electrons. The van der Waals surface area contributed by atoms with Crippen LogP contribution in [0.25, 0.3) is 10.9 Å². The van der Waals surface area contributed by atoms with Crippen molar-refractivity contribution in [2.45, 2.75) is 0 Å². The van der Waals surface area contributed by atoms with Crippen molar-refractivity contribution in [2.75, 3.05) is 50.1 Å². The first kappa shape index (κ1) is 19.0. The molecule has 0 radical (unpaired) electrons. The van der Waals surface area contributed by atoms with Crippen LogP contribution in [-0.4, -0.2) is 61.6 Å². The molecular weight excluding hydrogens is 368 g/mol. The lowest BCUT2D eigenvalue weighted by atomic mass is 10.2. The molecule has 0 atom stereocenters. The summed E-state index contributed by atoms with van der Waals surface area (Å²) >= 11 is 0. The van der Waals surface area contributed by atoms with E-state index in [0.29, 0.717) is 11.4 Å². The second-order valence-electron chi connectivity index (χ2n) is 7.13. The number of hydrogen-bond donors (Lipinski definition) is 2. The molecule has 0 saturated carbocycles. The number of carbonyl (C=O) groups excluding carboxylic acids is 2. The first-order valence-corrected chi connectivity index (χ1v) is 9.66. The Morgan fingerprint density at radius 2 is 1.83 bits per heavy atom. The van der Waals surface area contributed by atoms with E-state index >= 15 is 0 Å². The van der Waals surface area contributed by atoms with Gasteiger partial charge in [-0.25, -0.2) is 0 Å². The lowest BCUT2D eigenvalue weighted by molar-refractivity contribution is -0.116. The van der Waals surface area contributed by atoms with Gasteiger partial charge in [-0.1, -0.05) is 18.2 Å². The van der Waals surface area contributed by atoms with E-state index in [2.05, 4.69) is 15.2 Å². The maximum Gasteiger partial charge on any atom is 0.270 e. The maximum absolute atomic E-state index is 12.6. The number of benzene rings is 2. The summed E-state index contributed by atoms with van der Waals surface area (Å²) in [7, 11) is 1.62. The summed E-state index contributed by atoms with van der Waals surface area (Å²) in [6.07, 6.45) is 0. The smallest absolute Gasteiger partial charge is 0.270 e. The van der Waals surface area contributed by atoms with Crippen molar-refractivity contribution in [1.29, 1.82) is 0 Å². The van der Waals surface area contributed by atoms with Gasteiger partial charge in [0.2, 0.25) is 5.91 Å². The largest absolute Gasteiger partial charge is 0.378 e. The number of rotatable bonds is 5. The average molecular weight is 392 g/mol. The van der Waals surface area contributed by atoms with Crippen LogP contribution < -0.4 is 10.2 Å². The number of ether oxygens (including phenoxy) is 1. The number of aromatic amines is 1. The average Bonchev–Trinajstić information content (AvgIpc) is 3.18. The van der Waals surface area contributed by atoms with Crippen LogP contribution in [0.4, 0.5) is 11.4 Å². The number of nitrogens with one attached hydrogen (secondary N) is 2. The molecule has 1 aliphatic heterocycles. The van der Waals surface area contributed by atoms with E-state index in [1.165, 1.54) is 4.90 Å². The number of likely N-dealkylation sites (N-methyl/N-ethyl adjacent to an activating group) is 1. The summed E-state index contributed by atoms with van der Waals surface area (Å²) in [5, 5.41) is 3.82. The van der Waals surface area contributed by atoms with Gasteiger partial charge >= 0.3 is 0 Å². The first-order valence-electron chi connectivity index (χ1n) is 9.66. The van der Waals surface area contributed by atoms with Crippen LogP contribution in [0, 0.1) is 0 Å². The second-order valence-corrected chi connectivity index (χ2v) is 7.13. The van der Waals surface area contributed by atoms with E-state index < -0.39 is 0 Å². The Labute approximate surface area is 169 Å². The number of fused-ring (bicyclic) bond motifs is 1. The number of amides is 2. The molecule has 0 spiro atoms. The molecule has 1 saturated heterocycles. The number of para-hydroxylation sites is 1. The minimum absolute atomic E-state index is 0.0284. The van der Waals surface area contributed by atoms with Crippen molar-refractivity contribution >= 4 is 34.1 Å². The Hall–Kier alpha value is -3.32. The highest BCUT2D eigenvalue weighted by Crippen LogP contribution is 2.19. The second kappa shape index (κ2) is 8.36. The first-order chi connectivity index (χ1) is 14.1. The van der Waals surface area contributed by atoms with E-state index in [4.69, 9.17) is 4.74 Å². The summed E-state index contributed by atoms with van der Waals surface area (Å²) in [4.78, 5) is 31.8. The monoisotopic (exact) mass is 392 g/mol. The van der Waals surface area contributed by atoms with Gasteiger partial charge in [-0.2, -0.15) is 0 Å². The number of anilines is 2. The molecule has 1 fully saturated rings. The molecular formula is C22H24N4O3. The van der Waals surface area contributed by atoms with Gasteiger partial charge in [-0.3, -0.25) is 9.59 Å². The minimum Gasteiger partial charge on any atom is -0.378 e. The van der Waals surface area contributed by atoms with Gasteiger partial charge in [0.05, 0.1) is 19.8 Å². The third-order valence-electron chi connectivity index (χ3n) is 5.02. The normalized spacial score (nSPS) is 14.0. The zero-order valence-electron chi connectivity index (χ0n) is 16.4. The molecule has 0 unspecified atom stereocenters. The molecule has 0 bridgehead atoms. The highest BCUT2D eigenvalue weighted by Gasteiger charge is 2.17. The predicted octanol–water partition coefficient (Wildman–Crippen LogP) is 2.72. The number of H-pyrrole nitrogens is 1. The van der Waals surface area contributed by atoms with Gasteiger partial charge < -0.3 is 24.8 Å².